The van der Waals surface area contributed by atoms with Gasteiger partial charge >= 0.3 is 0 Å². The van der Waals surface area contributed by atoms with Gasteiger partial charge in [-0.2, -0.15) is 0 Å². The van der Waals surface area contributed by atoms with Gasteiger partial charge in [0.1, 0.15) is 19.8 Å². The van der Waals surface area contributed by atoms with Crippen molar-refractivity contribution in [3.05, 3.63) is 108 Å². The van der Waals surface area contributed by atoms with Crippen molar-refractivity contribution in [1.82, 2.24) is 0 Å². The standard InChI is InChI=1S/C31H36O4Si/c1-33-30-27(21-14-22-36(2,3)4)29(32)28(35-30)23-34-31(24-15-8-5-9-16-24,25-17-10-6-11-18-25)26-19-12-7-13-20-26/h5-13,15-20,27-30,32H,21,23H2,1-4H3/t27-,28+,29-,30-/m0/s1. The predicted molar refractivity (Wildman–Crippen MR) is 146 cm³/mol. The van der Waals surface area contributed by atoms with E-state index in [0.717, 1.165) is 16.7 Å². The Morgan fingerprint density at radius 2 is 1.31 bits per heavy atom. The minimum atomic E-state index is -1.50. The Labute approximate surface area is 216 Å². The summed E-state index contributed by atoms with van der Waals surface area (Å²) in [7, 11) is 0.111. The summed E-state index contributed by atoms with van der Waals surface area (Å²) in [6.07, 6.45) is -1.28. The smallest absolute Gasteiger partial charge is 0.164 e. The summed E-state index contributed by atoms with van der Waals surface area (Å²) in [5, 5.41) is 11.2. The first-order valence-electron chi connectivity index (χ1n) is 12.5. The largest absolute Gasteiger partial charge is 0.390 e. The highest BCUT2D eigenvalue weighted by Gasteiger charge is 2.46. The number of rotatable bonds is 8. The molecule has 36 heavy (non-hydrogen) atoms. The summed E-state index contributed by atoms with van der Waals surface area (Å²) in [4.78, 5) is 0. The number of benzene rings is 3. The molecule has 0 unspecified atom stereocenters. The lowest BCUT2D eigenvalue weighted by atomic mass is 9.80. The van der Waals surface area contributed by atoms with Crippen molar-refractivity contribution < 1.29 is 19.3 Å². The Kier molecular flexibility index (Phi) is 8.45. The fourth-order valence-electron chi connectivity index (χ4n) is 4.79. The molecule has 5 heteroatoms. The second-order valence-corrected chi connectivity index (χ2v) is 15.0. The first-order chi connectivity index (χ1) is 17.3. The van der Waals surface area contributed by atoms with Gasteiger partial charge in [0.25, 0.3) is 0 Å². The van der Waals surface area contributed by atoms with Gasteiger partial charge in [-0.25, -0.2) is 0 Å². The Balaban J connectivity index is 1.67. The van der Waals surface area contributed by atoms with E-state index in [0.29, 0.717) is 6.42 Å². The third kappa shape index (κ3) is 5.81. The first kappa shape index (κ1) is 26.3. The van der Waals surface area contributed by atoms with E-state index in [1.165, 1.54) is 0 Å². The molecule has 0 saturated carbocycles. The second-order valence-electron chi connectivity index (χ2n) is 10.3. The quantitative estimate of drug-likeness (QED) is 0.248. The molecule has 1 aliphatic heterocycles. The number of hydrogen-bond acceptors (Lipinski definition) is 4. The highest BCUT2D eigenvalue weighted by molar-refractivity contribution is 6.83. The average Bonchev–Trinajstić information content (AvgIpc) is 3.20. The highest BCUT2D eigenvalue weighted by atomic mass is 28.3. The Morgan fingerprint density at radius 1 is 0.833 bits per heavy atom. The molecule has 0 radical (unpaired) electrons. The monoisotopic (exact) mass is 500 g/mol. The third-order valence-corrected chi connectivity index (χ3v) is 7.44. The lowest BCUT2D eigenvalue weighted by Gasteiger charge is -2.37. The van der Waals surface area contributed by atoms with Crippen molar-refractivity contribution in [3.63, 3.8) is 0 Å². The molecule has 0 aromatic heterocycles. The van der Waals surface area contributed by atoms with Crippen LogP contribution < -0.4 is 0 Å². The van der Waals surface area contributed by atoms with Crippen molar-refractivity contribution in [2.45, 2.75) is 50.2 Å². The lowest BCUT2D eigenvalue weighted by molar-refractivity contribution is -0.152. The lowest BCUT2D eigenvalue weighted by Crippen LogP contribution is -2.38. The first-order valence-corrected chi connectivity index (χ1v) is 16.0. The summed E-state index contributed by atoms with van der Waals surface area (Å²) < 4.78 is 18.6. The van der Waals surface area contributed by atoms with E-state index in [9.17, 15) is 5.11 Å². The van der Waals surface area contributed by atoms with Crippen molar-refractivity contribution in [2.75, 3.05) is 13.7 Å². The average molecular weight is 501 g/mol. The Hall–Kier alpha value is -2.72. The number of aliphatic hydroxyl groups is 1. The van der Waals surface area contributed by atoms with Crippen LogP contribution >= 0.6 is 0 Å². The molecule has 1 aliphatic rings. The van der Waals surface area contributed by atoms with Gasteiger partial charge in [0.2, 0.25) is 0 Å². The molecule has 1 N–H and O–H groups in total. The summed E-state index contributed by atoms with van der Waals surface area (Å²) in [6.45, 7) is 6.82. The summed E-state index contributed by atoms with van der Waals surface area (Å²) in [5.41, 5.74) is 5.54. The van der Waals surface area contributed by atoms with Crippen LogP contribution in [0.2, 0.25) is 19.6 Å². The zero-order chi connectivity index (χ0) is 25.6. The maximum absolute atomic E-state index is 11.2. The number of ether oxygens (including phenoxy) is 3. The fraction of sp³-hybridized carbons (Fsp3) is 0.355. The minimum absolute atomic E-state index is 0.192. The highest BCUT2D eigenvalue weighted by Crippen LogP contribution is 2.41. The minimum Gasteiger partial charge on any atom is -0.390 e. The van der Waals surface area contributed by atoms with Gasteiger partial charge in [-0.05, 0) is 16.7 Å². The topological polar surface area (TPSA) is 47.9 Å². The molecule has 3 aromatic rings. The van der Waals surface area contributed by atoms with Crippen LogP contribution in [0, 0.1) is 17.4 Å². The fourth-order valence-corrected chi connectivity index (χ4v) is 5.42. The molecule has 0 aliphatic carbocycles. The molecular weight excluding hydrogens is 464 g/mol. The van der Waals surface area contributed by atoms with Crippen molar-refractivity contribution in [2.24, 2.45) is 5.92 Å². The van der Waals surface area contributed by atoms with E-state index < -0.39 is 32.2 Å². The van der Waals surface area contributed by atoms with E-state index in [-0.39, 0.29) is 12.5 Å². The maximum Gasteiger partial charge on any atom is 0.164 e. The molecule has 1 heterocycles. The predicted octanol–water partition coefficient (Wildman–Crippen LogP) is 5.61. The van der Waals surface area contributed by atoms with Crippen molar-refractivity contribution in [1.29, 1.82) is 0 Å². The van der Waals surface area contributed by atoms with Crippen LogP contribution in [0.5, 0.6) is 0 Å². The van der Waals surface area contributed by atoms with Crippen LogP contribution in [-0.2, 0) is 19.8 Å². The van der Waals surface area contributed by atoms with Gasteiger partial charge in [-0.3, -0.25) is 0 Å². The summed E-state index contributed by atoms with van der Waals surface area (Å²) in [6, 6.07) is 30.6. The molecule has 4 atom stereocenters. The van der Waals surface area contributed by atoms with Gasteiger partial charge in [0, 0.05) is 19.4 Å². The zero-order valence-electron chi connectivity index (χ0n) is 21.6. The second kappa shape index (κ2) is 11.6. The molecule has 1 fully saturated rings. The summed E-state index contributed by atoms with van der Waals surface area (Å²) >= 11 is 0. The van der Waals surface area contributed by atoms with E-state index >= 15 is 0 Å². The van der Waals surface area contributed by atoms with Crippen LogP contribution in [0.4, 0.5) is 0 Å². The summed E-state index contributed by atoms with van der Waals surface area (Å²) in [5.74, 6) is 3.05. The van der Waals surface area contributed by atoms with Crippen LogP contribution in [0.25, 0.3) is 0 Å². The number of methoxy groups -OCH3 is 1. The molecule has 1 saturated heterocycles. The van der Waals surface area contributed by atoms with E-state index in [1.54, 1.807) is 7.11 Å². The Morgan fingerprint density at radius 3 is 1.72 bits per heavy atom. The molecule has 188 valence electrons. The van der Waals surface area contributed by atoms with Crippen molar-refractivity contribution >= 4 is 8.07 Å². The van der Waals surface area contributed by atoms with E-state index in [2.05, 4.69) is 67.5 Å². The molecule has 4 rings (SSSR count). The normalized spacial score (nSPS) is 22.1. The molecule has 0 amide bonds. The molecule has 3 aromatic carbocycles. The Bertz CT molecular complexity index is 1050. The van der Waals surface area contributed by atoms with E-state index in [1.807, 2.05) is 54.6 Å². The van der Waals surface area contributed by atoms with Gasteiger partial charge in [0.15, 0.2) is 6.29 Å². The molecule has 4 nitrogen and oxygen atoms in total. The van der Waals surface area contributed by atoms with Gasteiger partial charge < -0.3 is 19.3 Å². The van der Waals surface area contributed by atoms with Crippen LogP contribution in [0.1, 0.15) is 23.1 Å². The SMILES string of the molecule is CO[C@H]1O[C@H](COC(c2ccccc2)(c2ccccc2)c2ccccc2)[C@@H](O)[C@@H]1CC#C[Si](C)(C)C. The van der Waals surface area contributed by atoms with Crippen molar-refractivity contribution in [3.8, 4) is 11.5 Å². The van der Waals surface area contributed by atoms with Crippen LogP contribution in [0.3, 0.4) is 0 Å². The van der Waals surface area contributed by atoms with Crippen LogP contribution in [-0.4, -0.2) is 45.4 Å². The molecule has 0 spiro atoms. The van der Waals surface area contributed by atoms with Gasteiger partial charge in [0.05, 0.1) is 12.7 Å². The number of aliphatic hydroxyl groups excluding tert-OH is 1. The molecular formula is C31H36O4Si. The maximum atomic E-state index is 11.2. The number of hydrogen-bond donors (Lipinski definition) is 1. The van der Waals surface area contributed by atoms with Gasteiger partial charge in [-0.15, -0.1) is 11.5 Å². The van der Waals surface area contributed by atoms with Crippen LogP contribution in [0.15, 0.2) is 91.0 Å². The zero-order valence-corrected chi connectivity index (χ0v) is 22.6. The van der Waals surface area contributed by atoms with Gasteiger partial charge in [-0.1, -0.05) is 111 Å². The van der Waals surface area contributed by atoms with E-state index in [4.69, 9.17) is 14.2 Å². The third-order valence-electron chi connectivity index (χ3n) is 6.52. The molecule has 0 bridgehead atoms.